The van der Waals surface area contributed by atoms with Crippen molar-refractivity contribution in [2.45, 2.75) is 5.54 Å². The van der Waals surface area contributed by atoms with Crippen molar-refractivity contribution in [2.75, 3.05) is 0 Å². The van der Waals surface area contributed by atoms with Crippen LogP contribution in [0.2, 0.25) is 0 Å². The molecule has 3 aromatic heterocycles. The third-order valence-electron chi connectivity index (χ3n) is 7.53. The summed E-state index contributed by atoms with van der Waals surface area (Å²) in [5, 5.41) is 5.06. The highest BCUT2D eigenvalue weighted by molar-refractivity contribution is 5.81. The van der Waals surface area contributed by atoms with Crippen LogP contribution in [0.15, 0.2) is 146 Å². The topological polar surface area (TPSA) is 35.1 Å². The standard InChI is InChI=1S/C35H24F2N4/c36-30-17-10-18-31(37)33(30)34-29(25-19-20-32-38-21-22-40(32)23-25)24-41(39-34)35(26-11-4-1-5-12-26,27-13-6-2-7-14-27)28-15-8-3-9-16-28/h1-24H. The molecule has 0 aliphatic rings. The number of pyridine rings is 1. The molecule has 0 saturated heterocycles. The fourth-order valence-corrected chi connectivity index (χ4v) is 5.68. The molecule has 6 heteroatoms. The van der Waals surface area contributed by atoms with Crippen LogP contribution in [0.4, 0.5) is 8.78 Å². The molecular weight excluding hydrogens is 514 g/mol. The molecule has 0 fully saturated rings. The first-order chi connectivity index (χ1) is 20.2. The fraction of sp³-hybridized carbons (Fsp3) is 0.0286. The van der Waals surface area contributed by atoms with Gasteiger partial charge in [0.05, 0.1) is 5.56 Å². The van der Waals surface area contributed by atoms with Crippen LogP contribution in [-0.2, 0) is 5.54 Å². The number of hydrogen-bond donors (Lipinski definition) is 0. The van der Waals surface area contributed by atoms with Gasteiger partial charge >= 0.3 is 0 Å². The number of hydrogen-bond acceptors (Lipinski definition) is 2. The van der Waals surface area contributed by atoms with Gasteiger partial charge in [0, 0.05) is 35.9 Å². The van der Waals surface area contributed by atoms with Crippen molar-refractivity contribution in [3.05, 3.63) is 174 Å². The summed E-state index contributed by atoms with van der Waals surface area (Å²) in [5.74, 6) is -1.35. The van der Waals surface area contributed by atoms with Crippen molar-refractivity contribution in [1.82, 2.24) is 19.2 Å². The minimum Gasteiger partial charge on any atom is -0.306 e. The van der Waals surface area contributed by atoms with Crippen LogP contribution in [0.25, 0.3) is 28.0 Å². The lowest BCUT2D eigenvalue weighted by Gasteiger charge is -2.36. The first-order valence-corrected chi connectivity index (χ1v) is 13.3. The number of rotatable bonds is 6. The van der Waals surface area contributed by atoms with E-state index in [9.17, 15) is 0 Å². The molecular formula is C35H24F2N4. The highest BCUT2D eigenvalue weighted by Crippen LogP contribution is 2.43. The van der Waals surface area contributed by atoms with Crippen LogP contribution >= 0.6 is 0 Å². The van der Waals surface area contributed by atoms with Gasteiger partial charge in [-0.3, -0.25) is 4.68 Å². The van der Waals surface area contributed by atoms with E-state index in [2.05, 4.69) is 41.4 Å². The van der Waals surface area contributed by atoms with Gasteiger partial charge in [0.25, 0.3) is 0 Å². The molecule has 198 valence electrons. The summed E-state index contributed by atoms with van der Waals surface area (Å²) in [6.45, 7) is 0. The minimum absolute atomic E-state index is 0.171. The molecule has 41 heavy (non-hydrogen) atoms. The zero-order chi connectivity index (χ0) is 27.8. The Morgan fingerprint density at radius 3 is 1.71 bits per heavy atom. The van der Waals surface area contributed by atoms with Crippen molar-refractivity contribution in [1.29, 1.82) is 0 Å². The van der Waals surface area contributed by atoms with Crippen molar-refractivity contribution < 1.29 is 8.78 Å². The average molecular weight is 539 g/mol. The van der Waals surface area contributed by atoms with Crippen molar-refractivity contribution in [3.63, 3.8) is 0 Å². The van der Waals surface area contributed by atoms with E-state index in [1.807, 2.05) is 94.4 Å². The number of imidazole rings is 1. The van der Waals surface area contributed by atoms with E-state index >= 15 is 8.78 Å². The van der Waals surface area contributed by atoms with Gasteiger partial charge in [-0.1, -0.05) is 97.1 Å². The lowest BCUT2D eigenvalue weighted by molar-refractivity contribution is 0.460. The van der Waals surface area contributed by atoms with Gasteiger partial charge in [0.1, 0.15) is 28.5 Å². The van der Waals surface area contributed by atoms with E-state index in [-0.39, 0.29) is 11.3 Å². The van der Waals surface area contributed by atoms with Gasteiger partial charge < -0.3 is 4.40 Å². The highest BCUT2D eigenvalue weighted by atomic mass is 19.1. The summed E-state index contributed by atoms with van der Waals surface area (Å²) in [4.78, 5) is 4.35. The van der Waals surface area contributed by atoms with Crippen LogP contribution in [-0.4, -0.2) is 19.2 Å². The Hall–Kier alpha value is -5.36. The van der Waals surface area contributed by atoms with E-state index in [4.69, 9.17) is 5.10 Å². The number of benzene rings is 4. The highest BCUT2D eigenvalue weighted by Gasteiger charge is 2.40. The van der Waals surface area contributed by atoms with Gasteiger partial charge in [0.15, 0.2) is 0 Å². The molecule has 0 bridgehead atoms. The van der Waals surface area contributed by atoms with Crippen molar-refractivity contribution >= 4 is 5.65 Å². The second-order valence-corrected chi connectivity index (χ2v) is 9.85. The summed E-state index contributed by atoms with van der Waals surface area (Å²) in [6.07, 6.45) is 7.35. The van der Waals surface area contributed by atoms with Crippen LogP contribution in [0.3, 0.4) is 0 Å². The summed E-state index contributed by atoms with van der Waals surface area (Å²) < 4.78 is 34.5. The zero-order valence-electron chi connectivity index (χ0n) is 21.9. The number of halogens is 2. The van der Waals surface area contributed by atoms with E-state index < -0.39 is 17.2 Å². The Morgan fingerprint density at radius 1 is 0.585 bits per heavy atom. The monoisotopic (exact) mass is 538 g/mol. The molecule has 0 radical (unpaired) electrons. The second-order valence-electron chi connectivity index (χ2n) is 9.85. The number of fused-ring (bicyclic) bond motifs is 1. The summed E-state index contributed by atoms with van der Waals surface area (Å²) in [5.41, 5.74) is 4.08. The Kier molecular flexibility index (Phi) is 6.01. The minimum atomic E-state index is -0.947. The van der Waals surface area contributed by atoms with Crippen LogP contribution < -0.4 is 0 Å². The Morgan fingerprint density at radius 2 is 1.15 bits per heavy atom. The molecule has 0 unspecified atom stereocenters. The molecule has 0 saturated carbocycles. The Labute approximate surface area is 235 Å². The molecule has 0 spiro atoms. The quantitative estimate of drug-likeness (QED) is 0.201. The third-order valence-corrected chi connectivity index (χ3v) is 7.53. The maximum absolute atomic E-state index is 15.4. The van der Waals surface area contributed by atoms with Crippen molar-refractivity contribution in [3.8, 4) is 22.4 Å². The van der Waals surface area contributed by atoms with Gasteiger partial charge in [0.2, 0.25) is 0 Å². The van der Waals surface area contributed by atoms with Crippen LogP contribution in [0.1, 0.15) is 16.7 Å². The van der Waals surface area contributed by atoms with E-state index in [1.165, 1.54) is 18.2 Å². The van der Waals surface area contributed by atoms with Gasteiger partial charge in [-0.2, -0.15) is 5.10 Å². The first-order valence-electron chi connectivity index (χ1n) is 13.3. The lowest BCUT2D eigenvalue weighted by Crippen LogP contribution is -2.38. The normalized spacial score (nSPS) is 11.7. The Bertz CT molecular complexity index is 1850. The van der Waals surface area contributed by atoms with Crippen LogP contribution in [0, 0.1) is 11.6 Å². The molecule has 0 amide bonds. The van der Waals surface area contributed by atoms with E-state index in [0.717, 1.165) is 27.9 Å². The predicted octanol–water partition coefficient (Wildman–Crippen LogP) is 7.98. The molecule has 0 aliphatic carbocycles. The average Bonchev–Trinajstić information content (AvgIpc) is 3.67. The summed E-state index contributed by atoms with van der Waals surface area (Å²) in [7, 11) is 0. The molecule has 7 rings (SSSR count). The molecule has 4 aromatic carbocycles. The van der Waals surface area contributed by atoms with Crippen LogP contribution in [0.5, 0.6) is 0 Å². The molecule has 0 aliphatic heterocycles. The maximum atomic E-state index is 15.4. The Balaban J connectivity index is 1.61. The molecule has 4 nitrogen and oxygen atoms in total. The van der Waals surface area contributed by atoms with E-state index in [1.54, 1.807) is 6.20 Å². The predicted molar refractivity (Wildman–Crippen MR) is 156 cm³/mol. The fourth-order valence-electron chi connectivity index (χ4n) is 5.68. The smallest absolute Gasteiger partial charge is 0.138 e. The molecule has 7 aromatic rings. The third kappa shape index (κ3) is 4.03. The number of aromatic nitrogens is 4. The van der Waals surface area contributed by atoms with Gasteiger partial charge in [-0.05, 0) is 41.0 Å². The summed E-state index contributed by atoms with van der Waals surface area (Å²) >= 11 is 0. The zero-order valence-corrected chi connectivity index (χ0v) is 21.9. The first kappa shape index (κ1) is 24.7. The lowest BCUT2D eigenvalue weighted by atomic mass is 9.77. The largest absolute Gasteiger partial charge is 0.306 e. The summed E-state index contributed by atoms with van der Waals surface area (Å²) in [6, 6.07) is 37.9. The van der Waals surface area contributed by atoms with E-state index in [0.29, 0.717) is 5.56 Å². The van der Waals surface area contributed by atoms with Crippen molar-refractivity contribution in [2.24, 2.45) is 0 Å². The molecule has 0 atom stereocenters. The maximum Gasteiger partial charge on any atom is 0.138 e. The number of nitrogens with zero attached hydrogens (tertiary/aromatic N) is 4. The second kappa shape index (κ2) is 9.99. The SMILES string of the molecule is Fc1cccc(F)c1-c1nn(C(c2ccccc2)(c2ccccc2)c2ccccc2)cc1-c1ccc2nccn2c1. The molecule has 3 heterocycles. The van der Waals surface area contributed by atoms with Gasteiger partial charge in [-0.15, -0.1) is 0 Å². The molecule has 0 N–H and O–H groups in total. The van der Waals surface area contributed by atoms with Gasteiger partial charge in [-0.25, -0.2) is 13.8 Å².